The van der Waals surface area contributed by atoms with Gasteiger partial charge in [0.1, 0.15) is 29.2 Å². The Morgan fingerprint density at radius 2 is 1.93 bits per heavy atom. The average Bonchev–Trinajstić information content (AvgIpc) is 2.86. The van der Waals surface area contributed by atoms with Crippen molar-refractivity contribution in [3.05, 3.63) is 52.7 Å². The van der Waals surface area contributed by atoms with Crippen molar-refractivity contribution in [1.29, 1.82) is 0 Å². The van der Waals surface area contributed by atoms with Crippen LogP contribution in [0, 0.1) is 0 Å². The molecule has 9 nitrogen and oxygen atoms in total. The molecule has 1 amide bonds. The molecule has 0 aliphatic carbocycles. The summed E-state index contributed by atoms with van der Waals surface area (Å²) in [5, 5.41) is 9.62. The van der Waals surface area contributed by atoms with Crippen LogP contribution in [0.2, 0.25) is 5.02 Å². The molecule has 1 aromatic heterocycles. The summed E-state index contributed by atoms with van der Waals surface area (Å²) >= 11 is 5.98. The second kappa shape index (κ2) is 15.2. The quantitative estimate of drug-likeness (QED) is 0.205. The first-order valence-corrected chi connectivity index (χ1v) is 14.4. The van der Waals surface area contributed by atoms with Gasteiger partial charge in [-0.1, -0.05) is 31.4 Å². The number of rotatable bonds is 15. The average molecular weight is 609 g/mol. The number of aliphatic hydroxyl groups is 1. The molecule has 1 aromatic carbocycles. The van der Waals surface area contributed by atoms with Gasteiger partial charge < -0.3 is 19.3 Å². The molecule has 2 rings (SSSR count). The van der Waals surface area contributed by atoms with E-state index in [1.807, 2.05) is 25.5 Å². The predicted octanol–water partition coefficient (Wildman–Crippen LogP) is 5.36. The largest absolute Gasteiger partial charge is 0.491 e. The summed E-state index contributed by atoms with van der Waals surface area (Å²) in [5.74, 6) is -1.26. The van der Waals surface area contributed by atoms with Crippen LogP contribution in [0.1, 0.15) is 51.2 Å². The Bertz CT molecular complexity index is 1270. The summed E-state index contributed by atoms with van der Waals surface area (Å²) in [7, 11) is -3.83. The molecule has 0 aliphatic heterocycles. The molecule has 0 spiro atoms. The van der Waals surface area contributed by atoms with Crippen LogP contribution >= 0.6 is 11.6 Å². The van der Waals surface area contributed by atoms with E-state index in [-0.39, 0.29) is 48.0 Å². The van der Waals surface area contributed by atoms with Crippen LogP contribution in [-0.2, 0) is 25.7 Å². The van der Waals surface area contributed by atoms with Crippen LogP contribution in [0.15, 0.2) is 36.5 Å². The van der Waals surface area contributed by atoms with E-state index in [1.54, 1.807) is 0 Å². The molecule has 2 N–H and O–H groups in total. The fourth-order valence-corrected chi connectivity index (χ4v) is 4.35. The summed E-state index contributed by atoms with van der Waals surface area (Å²) < 4.78 is 81.7. The Balaban J connectivity index is 2.28. The Kier molecular flexibility index (Phi) is 12.7. The number of aliphatic hydroxyl groups excluding tert-OH is 1. The Hall–Kier alpha value is -2.87. The van der Waals surface area contributed by atoms with Crippen molar-refractivity contribution in [2.24, 2.45) is 0 Å². The van der Waals surface area contributed by atoms with Gasteiger partial charge in [0.2, 0.25) is 15.9 Å². The van der Waals surface area contributed by atoms with Gasteiger partial charge in [0.25, 0.3) is 5.91 Å². The molecule has 40 heavy (non-hydrogen) atoms. The smallest absolute Gasteiger partial charge is 0.417 e. The minimum atomic E-state index is -4.67. The number of halogens is 4. The Labute approximate surface area is 236 Å². The summed E-state index contributed by atoms with van der Waals surface area (Å²) in [6, 6.07) is 4.95. The third-order valence-electron chi connectivity index (χ3n) is 5.08. The first kappa shape index (κ1) is 33.3. The Morgan fingerprint density at radius 3 is 2.55 bits per heavy atom. The lowest BCUT2D eigenvalue weighted by atomic mass is 10.1. The van der Waals surface area contributed by atoms with Crippen LogP contribution < -0.4 is 14.2 Å². The number of sulfonamides is 1. The number of hydrogen-bond acceptors (Lipinski definition) is 8. The predicted molar refractivity (Wildman–Crippen MR) is 144 cm³/mol. The molecular weight excluding hydrogens is 577 g/mol. The van der Waals surface area contributed by atoms with Crippen molar-refractivity contribution in [3.63, 3.8) is 0 Å². The van der Waals surface area contributed by atoms with Crippen LogP contribution in [0.25, 0.3) is 6.08 Å². The van der Waals surface area contributed by atoms with Gasteiger partial charge in [0.15, 0.2) is 0 Å². The molecule has 0 saturated carbocycles. The molecular formula is C26H32ClF3N2O7S. The van der Waals surface area contributed by atoms with Crippen molar-refractivity contribution < 1.29 is 45.7 Å². The maximum atomic E-state index is 13.0. The van der Waals surface area contributed by atoms with Crippen LogP contribution in [0.5, 0.6) is 17.4 Å². The number of benzene rings is 1. The molecule has 1 unspecified atom stereocenters. The van der Waals surface area contributed by atoms with Gasteiger partial charge in [-0.25, -0.2) is 18.1 Å². The Morgan fingerprint density at radius 1 is 1.20 bits per heavy atom. The summed E-state index contributed by atoms with van der Waals surface area (Å²) in [6.07, 6.45) is -1.02. The highest BCUT2D eigenvalue weighted by molar-refractivity contribution is 7.90. The van der Waals surface area contributed by atoms with E-state index in [0.29, 0.717) is 25.1 Å². The minimum Gasteiger partial charge on any atom is -0.491 e. The zero-order valence-electron chi connectivity index (χ0n) is 22.2. The fraction of sp³-hybridized carbons (Fsp3) is 0.462. The van der Waals surface area contributed by atoms with Crippen LogP contribution in [0.4, 0.5) is 13.2 Å². The highest BCUT2D eigenvalue weighted by Crippen LogP contribution is 2.36. The van der Waals surface area contributed by atoms with Gasteiger partial charge in [-0.3, -0.25) is 4.79 Å². The summed E-state index contributed by atoms with van der Waals surface area (Å²) in [4.78, 5) is 15.9. The van der Waals surface area contributed by atoms with Crippen molar-refractivity contribution >= 4 is 33.6 Å². The summed E-state index contributed by atoms with van der Waals surface area (Å²) in [5.41, 5.74) is -0.844. The van der Waals surface area contributed by atoms with Crippen molar-refractivity contribution in [2.75, 3.05) is 19.0 Å². The van der Waals surface area contributed by atoms with E-state index in [2.05, 4.69) is 4.98 Å². The first-order chi connectivity index (χ1) is 18.7. The number of nitrogens with one attached hydrogen (secondary N) is 1. The number of pyridine rings is 1. The fourth-order valence-electron chi connectivity index (χ4n) is 3.08. The normalized spacial score (nSPS) is 13.0. The molecule has 2 aromatic rings. The molecule has 222 valence electrons. The lowest BCUT2D eigenvalue weighted by Crippen LogP contribution is -2.31. The van der Waals surface area contributed by atoms with Crippen LogP contribution in [-0.4, -0.2) is 55.6 Å². The second-order valence-corrected chi connectivity index (χ2v) is 11.2. The van der Waals surface area contributed by atoms with E-state index >= 15 is 0 Å². The van der Waals surface area contributed by atoms with Gasteiger partial charge >= 0.3 is 6.18 Å². The van der Waals surface area contributed by atoms with Crippen molar-refractivity contribution in [1.82, 2.24) is 9.71 Å². The minimum absolute atomic E-state index is 0.0190. The molecule has 0 saturated heterocycles. The molecule has 0 bridgehead atoms. The number of carbonyl (C=O) groups excluding carboxylic acids is 1. The third kappa shape index (κ3) is 11.7. The van der Waals surface area contributed by atoms with E-state index < -0.39 is 38.8 Å². The van der Waals surface area contributed by atoms with Gasteiger partial charge in [0.05, 0.1) is 24.0 Å². The molecule has 0 aliphatic rings. The van der Waals surface area contributed by atoms with Gasteiger partial charge in [-0.2, -0.15) is 13.2 Å². The number of unbranched alkanes of at least 4 members (excludes halogenated alkanes) is 2. The van der Waals surface area contributed by atoms with Gasteiger partial charge in [-0.15, -0.1) is 0 Å². The highest BCUT2D eigenvalue weighted by Gasteiger charge is 2.32. The second-order valence-electron chi connectivity index (χ2n) is 8.98. The van der Waals surface area contributed by atoms with E-state index in [0.717, 1.165) is 12.5 Å². The third-order valence-corrected chi connectivity index (χ3v) is 6.69. The molecule has 0 radical (unpaired) electrons. The van der Waals surface area contributed by atoms with Gasteiger partial charge in [-0.05, 0) is 44.5 Å². The van der Waals surface area contributed by atoms with E-state index in [4.69, 9.17) is 25.8 Å². The lowest BCUT2D eigenvalue weighted by Gasteiger charge is -2.16. The maximum absolute atomic E-state index is 13.0. The number of carbonyl (C=O) groups is 1. The number of amides is 1. The molecule has 14 heteroatoms. The number of nitrogens with zero attached hydrogens (tertiary/aromatic N) is 1. The van der Waals surface area contributed by atoms with E-state index in [1.165, 1.54) is 24.3 Å². The summed E-state index contributed by atoms with van der Waals surface area (Å²) in [6.45, 7) is 5.43. The standard InChI is InChI=1S/C26H32ClF3N2O7S/c1-4-5-6-11-40(35,36)32-24(34)10-8-18-7-9-21(38-16-20(33)15-37-17(2)3)13-23(18)39-25-22(27)12-19(14-31-25)26(28,29)30/h7-10,12-14,17,20,33H,4-6,11,15-16H2,1-3H3,(H,32,34). The monoisotopic (exact) mass is 608 g/mol. The number of hydrogen-bond donors (Lipinski definition) is 2. The maximum Gasteiger partial charge on any atom is 0.417 e. The number of aromatic nitrogens is 1. The molecule has 0 fully saturated rings. The number of ether oxygens (including phenoxy) is 3. The zero-order chi connectivity index (χ0) is 29.9. The molecule has 1 heterocycles. The lowest BCUT2D eigenvalue weighted by molar-refractivity contribution is -0.137. The highest BCUT2D eigenvalue weighted by atomic mass is 35.5. The first-order valence-electron chi connectivity index (χ1n) is 12.4. The van der Waals surface area contributed by atoms with Crippen LogP contribution in [0.3, 0.4) is 0 Å². The van der Waals surface area contributed by atoms with Crippen molar-refractivity contribution in [2.45, 2.75) is 58.4 Å². The topological polar surface area (TPSA) is 124 Å². The zero-order valence-corrected chi connectivity index (χ0v) is 23.8. The van der Waals surface area contributed by atoms with Crippen molar-refractivity contribution in [3.8, 4) is 17.4 Å². The van der Waals surface area contributed by atoms with E-state index in [9.17, 15) is 31.5 Å². The SMILES string of the molecule is CCCCCS(=O)(=O)NC(=O)C=Cc1ccc(OCC(O)COC(C)C)cc1Oc1ncc(C(F)(F)F)cc1Cl. The number of alkyl halides is 3. The molecule has 1 atom stereocenters. The van der Waals surface area contributed by atoms with Gasteiger partial charge in [0, 0.05) is 23.9 Å².